The van der Waals surface area contributed by atoms with E-state index >= 15 is 0 Å². The van der Waals surface area contributed by atoms with Crippen LogP contribution in [-0.4, -0.2) is 23.1 Å². The van der Waals surface area contributed by atoms with Crippen LogP contribution in [-0.2, 0) is 0 Å². The second-order valence-corrected chi connectivity index (χ2v) is 4.59. The van der Waals surface area contributed by atoms with Crippen LogP contribution in [0, 0.1) is 0 Å². The van der Waals surface area contributed by atoms with Gasteiger partial charge in [-0.1, -0.05) is 13.8 Å². The first-order valence-corrected chi connectivity index (χ1v) is 7.28. The second kappa shape index (κ2) is 8.09. The van der Waals surface area contributed by atoms with E-state index in [0.29, 0.717) is 5.88 Å². The van der Waals surface area contributed by atoms with Crippen molar-refractivity contribution < 1.29 is 9.47 Å². The summed E-state index contributed by atoms with van der Waals surface area (Å²) in [5.41, 5.74) is 0. The van der Waals surface area contributed by atoms with E-state index in [1.165, 1.54) is 6.33 Å². The summed E-state index contributed by atoms with van der Waals surface area (Å²) in [5.74, 6) is 2.85. The smallest absolute Gasteiger partial charge is 0.224 e. The van der Waals surface area contributed by atoms with Gasteiger partial charge in [-0.05, 0) is 37.1 Å². The van der Waals surface area contributed by atoms with Crippen LogP contribution in [0.5, 0.6) is 17.4 Å². The van der Waals surface area contributed by atoms with Crippen LogP contribution in [0.4, 0.5) is 5.82 Å². The zero-order valence-corrected chi connectivity index (χ0v) is 12.5. The third-order valence-corrected chi connectivity index (χ3v) is 2.72. The van der Waals surface area contributed by atoms with E-state index in [9.17, 15) is 0 Å². The number of benzene rings is 1. The van der Waals surface area contributed by atoms with Crippen molar-refractivity contribution in [2.24, 2.45) is 0 Å². The molecule has 0 aliphatic rings. The van der Waals surface area contributed by atoms with Gasteiger partial charge in [0.25, 0.3) is 0 Å². The fourth-order valence-electron chi connectivity index (χ4n) is 1.69. The third-order valence-electron chi connectivity index (χ3n) is 2.72. The molecule has 112 valence electrons. The summed E-state index contributed by atoms with van der Waals surface area (Å²) in [6, 6.07) is 9.31. The van der Waals surface area contributed by atoms with Crippen LogP contribution in [0.2, 0.25) is 0 Å². The van der Waals surface area contributed by atoms with Gasteiger partial charge < -0.3 is 14.8 Å². The highest BCUT2D eigenvalue weighted by Crippen LogP contribution is 2.23. The number of anilines is 1. The van der Waals surface area contributed by atoms with Gasteiger partial charge in [-0.3, -0.25) is 0 Å². The summed E-state index contributed by atoms with van der Waals surface area (Å²) in [4.78, 5) is 8.25. The van der Waals surface area contributed by atoms with Crippen LogP contribution in [0.1, 0.15) is 26.7 Å². The maximum absolute atomic E-state index is 5.71. The lowest BCUT2D eigenvalue weighted by Gasteiger charge is -2.08. The molecule has 0 atom stereocenters. The molecule has 21 heavy (non-hydrogen) atoms. The molecule has 0 spiro atoms. The van der Waals surface area contributed by atoms with E-state index in [2.05, 4.69) is 29.1 Å². The lowest BCUT2D eigenvalue weighted by atomic mass is 10.3. The first-order valence-electron chi connectivity index (χ1n) is 7.28. The molecule has 0 saturated heterocycles. The number of hydrogen-bond acceptors (Lipinski definition) is 5. The predicted molar refractivity (Wildman–Crippen MR) is 83.1 cm³/mol. The van der Waals surface area contributed by atoms with Crippen molar-refractivity contribution in [3.8, 4) is 17.4 Å². The van der Waals surface area contributed by atoms with Crippen molar-refractivity contribution in [2.75, 3.05) is 18.5 Å². The van der Waals surface area contributed by atoms with E-state index in [0.717, 1.165) is 43.3 Å². The van der Waals surface area contributed by atoms with Crippen molar-refractivity contribution in [3.63, 3.8) is 0 Å². The van der Waals surface area contributed by atoms with Crippen molar-refractivity contribution in [2.45, 2.75) is 26.7 Å². The summed E-state index contributed by atoms with van der Waals surface area (Å²) < 4.78 is 11.2. The summed E-state index contributed by atoms with van der Waals surface area (Å²) in [7, 11) is 0. The van der Waals surface area contributed by atoms with Crippen molar-refractivity contribution in [1.29, 1.82) is 0 Å². The second-order valence-electron chi connectivity index (χ2n) is 4.59. The van der Waals surface area contributed by atoms with Crippen molar-refractivity contribution in [3.05, 3.63) is 36.7 Å². The molecular weight excluding hydrogens is 266 g/mol. The van der Waals surface area contributed by atoms with Gasteiger partial charge in [0.15, 0.2) is 0 Å². The van der Waals surface area contributed by atoms with Gasteiger partial charge in [0.1, 0.15) is 23.6 Å². The minimum absolute atomic E-state index is 0.519. The maximum Gasteiger partial charge on any atom is 0.224 e. The first-order chi connectivity index (χ1) is 10.3. The lowest BCUT2D eigenvalue weighted by molar-refractivity contribution is 0.317. The van der Waals surface area contributed by atoms with Gasteiger partial charge in [0.05, 0.1) is 6.61 Å². The standard InChI is InChI=1S/C16H21N3O2/c1-3-9-17-15-11-16(19-12-18-15)21-14-7-5-13(6-8-14)20-10-4-2/h5-8,11-12H,3-4,9-10H2,1-2H3,(H,17,18,19). The molecule has 0 saturated carbocycles. The van der Waals surface area contributed by atoms with Crippen molar-refractivity contribution in [1.82, 2.24) is 9.97 Å². The van der Waals surface area contributed by atoms with Gasteiger partial charge in [0, 0.05) is 12.6 Å². The number of nitrogens with one attached hydrogen (secondary N) is 1. The predicted octanol–water partition coefficient (Wildman–Crippen LogP) is 3.88. The van der Waals surface area contributed by atoms with Gasteiger partial charge in [-0.2, -0.15) is 0 Å². The molecule has 0 amide bonds. The van der Waals surface area contributed by atoms with E-state index in [-0.39, 0.29) is 0 Å². The Morgan fingerprint density at radius 2 is 1.76 bits per heavy atom. The van der Waals surface area contributed by atoms with E-state index in [1.807, 2.05) is 24.3 Å². The molecule has 2 aromatic rings. The molecule has 0 unspecified atom stereocenters. The molecule has 0 aliphatic heterocycles. The number of ether oxygens (including phenoxy) is 2. The van der Waals surface area contributed by atoms with Crippen molar-refractivity contribution >= 4 is 5.82 Å². The molecule has 5 heteroatoms. The fraction of sp³-hybridized carbons (Fsp3) is 0.375. The van der Waals surface area contributed by atoms with Crippen LogP contribution < -0.4 is 14.8 Å². The first kappa shape index (κ1) is 15.1. The quantitative estimate of drug-likeness (QED) is 0.798. The Morgan fingerprint density at radius 3 is 2.48 bits per heavy atom. The van der Waals surface area contributed by atoms with Crippen LogP contribution in [0.25, 0.3) is 0 Å². The Hall–Kier alpha value is -2.30. The third kappa shape index (κ3) is 4.95. The molecule has 1 aromatic carbocycles. The molecule has 1 heterocycles. The number of rotatable bonds is 8. The molecule has 0 bridgehead atoms. The zero-order valence-electron chi connectivity index (χ0n) is 12.5. The molecule has 2 rings (SSSR count). The SMILES string of the molecule is CCCNc1cc(Oc2ccc(OCCC)cc2)ncn1. The van der Waals surface area contributed by atoms with Gasteiger partial charge in [-0.25, -0.2) is 9.97 Å². The molecule has 5 nitrogen and oxygen atoms in total. The Morgan fingerprint density at radius 1 is 1.00 bits per heavy atom. The minimum Gasteiger partial charge on any atom is -0.494 e. The number of nitrogens with zero attached hydrogens (tertiary/aromatic N) is 2. The van der Waals surface area contributed by atoms with Gasteiger partial charge in [-0.15, -0.1) is 0 Å². The monoisotopic (exact) mass is 287 g/mol. The topological polar surface area (TPSA) is 56.3 Å². The highest BCUT2D eigenvalue weighted by atomic mass is 16.5. The molecule has 1 aromatic heterocycles. The van der Waals surface area contributed by atoms with E-state index in [4.69, 9.17) is 9.47 Å². The lowest BCUT2D eigenvalue weighted by Crippen LogP contribution is -2.02. The summed E-state index contributed by atoms with van der Waals surface area (Å²) in [6.07, 6.45) is 3.53. The Labute approximate surface area is 125 Å². The average molecular weight is 287 g/mol. The molecule has 0 radical (unpaired) electrons. The average Bonchev–Trinajstić information content (AvgIpc) is 2.53. The normalized spacial score (nSPS) is 10.2. The molecule has 0 fully saturated rings. The number of aromatic nitrogens is 2. The number of hydrogen-bond donors (Lipinski definition) is 1. The Bertz CT molecular complexity index is 543. The highest BCUT2D eigenvalue weighted by molar-refractivity contribution is 5.39. The molecule has 0 aliphatic carbocycles. The largest absolute Gasteiger partial charge is 0.494 e. The van der Waals surface area contributed by atoms with E-state index in [1.54, 1.807) is 6.07 Å². The van der Waals surface area contributed by atoms with Gasteiger partial charge >= 0.3 is 0 Å². The molecular formula is C16H21N3O2. The summed E-state index contributed by atoms with van der Waals surface area (Å²) >= 11 is 0. The zero-order chi connectivity index (χ0) is 14.9. The van der Waals surface area contributed by atoms with Crippen LogP contribution >= 0.6 is 0 Å². The van der Waals surface area contributed by atoms with Crippen LogP contribution in [0.3, 0.4) is 0 Å². The molecule has 1 N–H and O–H groups in total. The van der Waals surface area contributed by atoms with E-state index < -0.39 is 0 Å². The highest BCUT2D eigenvalue weighted by Gasteiger charge is 2.02. The maximum atomic E-state index is 5.71. The summed E-state index contributed by atoms with van der Waals surface area (Å²) in [6.45, 7) is 5.78. The summed E-state index contributed by atoms with van der Waals surface area (Å²) in [5, 5.41) is 3.20. The Balaban J connectivity index is 1.97. The van der Waals surface area contributed by atoms with Crippen LogP contribution in [0.15, 0.2) is 36.7 Å². The Kier molecular flexibility index (Phi) is 5.82. The fourth-order valence-corrected chi connectivity index (χ4v) is 1.69. The van der Waals surface area contributed by atoms with Gasteiger partial charge in [0.2, 0.25) is 5.88 Å². The minimum atomic E-state index is 0.519.